The molecule has 2 aromatic rings. The van der Waals surface area contributed by atoms with Crippen molar-refractivity contribution in [1.82, 2.24) is 15.2 Å². The summed E-state index contributed by atoms with van der Waals surface area (Å²) in [5, 5.41) is 14.2. The molecule has 1 atom stereocenters. The van der Waals surface area contributed by atoms with Crippen molar-refractivity contribution >= 4 is 22.6 Å². The lowest BCUT2D eigenvalue weighted by molar-refractivity contribution is -0.120. The number of rotatable bonds is 3. The van der Waals surface area contributed by atoms with Crippen LogP contribution in [0.5, 0.6) is 0 Å². The average Bonchev–Trinajstić information content (AvgIpc) is 2.85. The van der Waals surface area contributed by atoms with Crippen molar-refractivity contribution < 1.29 is 9.90 Å². The van der Waals surface area contributed by atoms with Gasteiger partial charge in [-0.25, -0.2) is 4.98 Å². The van der Waals surface area contributed by atoms with Gasteiger partial charge < -0.3 is 15.3 Å². The van der Waals surface area contributed by atoms with Crippen LogP contribution in [0.3, 0.4) is 0 Å². The molecule has 4 rings (SSSR count). The Labute approximate surface area is 160 Å². The van der Waals surface area contributed by atoms with Gasteiger partial charge in [0.15, 0.2) is 0 Å². The second-order valence-electron chi connectivity index (χ2n) is 7.79. The molecule has 2 saturated heterocycles. The molecule has 0 saturated carbocycles. The number of aryl methyl sites for hydroxylation is 1. The molecule has 2 N–H and O–H groups in total. The highest BCUT2D eigenvalue weighted by Gasteiger charge is 2.23. The zero-order chi connectivity index (χ0) is 18.8. The maximum absolute atomic E-state index is 11.7. The number of piperidine rings is 1. The number of aromatic nitrogens is 1. The number of aliphatic hydroxyl groups excluding tert-OH is 1. The van der Waals surface area contributed by atoms with Crippen LogP contribution in [0.1, 0.15) is 30.4 Å². The second kappa shape index (κ2) is 7.82. The van der Waals surface area contributed by atoms with E-state index in [1.807, 2.05) is 0 Å². The third kappa shape index (κ3) is 4.22. The Morgan fingerprint density at radius 3 is 3.00 bits per heavy atom. The molecule has 6 nitrogen and oxygen atoms in total. The monoisotopic (exact) mass is 368 g/mol. The topological polar surface area (TPSA) is 68.7 Å². The average molecular weight is 368 g/mol. The Kier molecular flexibility index (Phi) is 5.27. The molecule has 144 valence electrons. The van der Waals surface area contributed by atoms with Crippen molar-refractivity contribution in [2.75, 3.05) is 37.6 Å². The molecule has 27 heavy (non-hydrogen) atoms. The number of hydrogen-bond acceptors (Lipinski definition) is 5. The highest BCUT2D eigenvalue weighted by molar-refractivity contribution is 5.82. The fraction of sp³-hybridized carbons (Fsp3) is 0.524. The molecular weight excluding hydrogens is 340 g/mol. The SMILES string of the molecule is Cc1ccc2nc(N3CCC[C@H](O)C3)c(CN3CCNC(=O)CC3)cc2c1. The largest absolute Gasteiger partial charge is 0.391 e. The molecule has 3 heterocycles. The van der Waals surface area contributed by atoms with E-state index in [2.05, 4.69) is 46.3 Å². The van der Waals surface area contributed by atoms with Crippen molar-refractivity contribution in [2.24, 2.45) is 0 Å². The van der Waals surface area contributed by atoms with Crippen LogP contribution in [0.2, 0.25) is 0 Å². The molecule has 1 aromatic heterocycles. The molecule has 0 spiro atoms. The van der Waals surface area contributed by atoms with Crippen molar-refractivity contribution in [1.29, 1.82) is 0 Å². The minimum Gasteiger partial charge on any atom is -0.391 e. The van der Waals surface area contributed by atoms with Crippen molar-refractivity contribution in [3.8, 4) is 0 Å². The number of amides is 1. The van der Waals surface area contributed by atoms with Gasteiger partial charge in [0.1, 0.15) is 5.82 Å². The third-order valence-corrected chi connectivity index (χ3v) is 5.52. The molecule has 1 aromatic carbocycles. The summed E-state index contributed by atoms with van der Waals surface area (Å²) in [5.41, 5.74) is 3.39. The first-order valence-corrected chi connectivity index (χ1v) is 9.91. The summed E-state index contributed by atoms with van der Waals surface area (Å²) in [7, 11) is 0. The van der Waals surface area contributed by atoms with E-state index >= 15 is 0 Å². The van der Waals surface area contributed by atoms with Crippen molar-refractivity contribution in [3.05, 3.63) is 35.4 Å². The first kappa shape index (κ1) is 18.2. The van der Waals surface area contributed by atoms with Crippen LogP contribution < -0.4 is 10.2 Å². The first-order valence-electron chi connectivity index (χ1n) is 9.91. The van der Waals surface area contributed by atoms with E-state index in [0.29, 0.717) is 19.5 Å². The number of nitrogens with one attached hydrogen (secondary N) is 1. The van der Waals surface area contributed by atoms with Crippen molar-refractivity contribution in [2.45, 2.75) is 38.8 Å². The summed E-state index contributed by atoms with van der Waals surface area (Å²) in [5.74, 6) is 1.11. The Hall–Kier alpha value is -2.18. The highest BCUT2D eigenvalue weighted by atomic mass is 16.3. The minimum absolute atomic E-state index is 0.129. The Morgan fingerprint density at radius 2 is 2.15 bits per heavy atom. The van der Waals surface area contributed by atoms with E-state index in [-0.39, 0.29) is 12.0 Å². The van der Waals surface area contributed by atoms with Crippen LogP contribution in [-0.4, -0.2) is 59.7 Å². The zero-order valence-corrected chi connectivity index (χ0v) is 15.9. The number of anilines is 1. The van der Waals surface area contributed by atoms with Gasteiger partial charge in [0.25, 0.3) is 0 Å². The Balaban J connectivity index is 1.69. The van der Waals surface area contributed by atoms with Crippen LogP contribution in [-0.2, 0) is 11.3 Å². The highest BCUT2D eigenvalue weighted by Crippen LogP contribution is 2.28. The summed E-state index contributed by atoms with van der Waals surface area (Å²) < 4.78 is 0. The number of hydrogen-bond donors (Lipinski definition) is 2. The Bertz CT molecular complexity index is 838. The molecular formula is C21H28N4O2. The predicted molar refractivity (Wildman–Crippen MR) is 107 cm³/mol. The Morgan fingerprint density at radius 1 is 1.26 bits per heavy atom. The van der Waals surface area contributed by atoms with E-state index in [0.717, 1.165) is 55.7 Å². The quantitative estimate of drug-likeness (QED) is 0.865. The molecule has 1 amide bonds. The molecule has 2 fully saturated rings. The lowest BCUT2D eigenvalue weighted by Crippen LogP contribution is -2.39. The molecule has 0 radical (unpaired) electrons. The number of benzene rings is 1. The fourth-order valence-corrected chi connectivity index (χ4v) is 4.08. The van der Waals surface area contributed by atoms with E-state index in [4.69, 9.17) is 4.98 Å². The van der Waals surface area contributed by atoms with Crippen molar-refractivity contribution in [3.63, 3.8) is 0 Å². The minimum atomic E-state index is -0.290. The van der Waals surface area contributed by atoms with Gasteiger partial charge >= 0.3 is 0 Å². The van der Waals surface area contributed by atoms with Crippen LogP contribution in [0.25, 0.3) is 10.9 Å². The number of β-amino-alcohol motifs (C(OH)–C–C–N with tert-alkyl or cyclic N) is 1. The maximum atomic E-state index is 11.7. The smallest absolute Gasteiger partial charge is 0.221 e. The third-order valence-electron chi connectivity index (χ3n) is 5.52. The van der Waals surface area contributed by atoms with Gasteiger partial charge in [0.05, 0.1) is 11.6 Å². The summed E-state index contributed by atoms with van der Waals surface area (Å²) in [4.78, 5) is 21.2. The van der Waals surface area contributed by atoms with Crippen LogP contribution in [0, 0.1) is 6.92 Å². The number of fused-ring (bicyclic) bond motifs is 1. The summed E-state index contributed by atoms with van der Waals surface area (Å²) in [6.07, 6.45) is 2.09. The number of carbonyl (C=O) groups excluding carboxylic acids is 1. The normalized spacial score (nSPS) is 21.9. The van der Waals surface area contributed by atoms with Gasteiger partial charge in [-0.15, -0.1) is 0 Å². The van der Waals surface area contributed by atoms with E-state index in [1.165, 1.54) is 11.1 Å². The van der Waals surface area contributed by atoms with Crippen LogP contribution >= 0.6 is 0 Å². The molecule has 0 unspecified atom stereocenters. The number of nitrogens with zero attached hydrogens (tertiary/aromatic N) is 3. The number of aliphatic hydroxyl groups is 1. The van der Waals surface area contributed by atoms with Gasteiger partial charge in [-0.3, -0.25) is 9.69 Å². The molecule has 2 aliphatic rings. The zero-order valence-electron chi connectivity index (χ0n) is 15.9. The van der Waals surface area contributed by atoms with Crippen LogP contribution in [0.15, 0.2) is 24.3 Å². The van der Waals surface area contributed by atoms with Gasteiger partial charge in [0, 0.05) is 56.6 Å². The molecule has 2 aliphatic heterocycles. The maximum Gasteiger partial charge on any atom is 0.221 e. The second-order valence-corrected chi connectivity index (χ2v) is 7.79. The first-order chi connectivity index (χ1) is 13.1. The van der Waals surface area contributed by atoms with Gasteiger partial charge in [-0.05, 0) is 38.0 Å². The number of pyridine rings is 1. The standard InChI is InChI=1S/C21H28N4O2/c1-15-4-5-19-16(11-15)12-17(13-24-9-6-20(27)22-7-10-24)21(23-19)25-8-2-3-18(26)14-25/h4-5,11-12,18,26H,2-3,6-10,13-14H2,1H3,(H,22,27)/t18-/m0/s1. The van der Waals surface area contributed by atoms with Crippen LogP contribution in [0.4, 0.5) is 5.82 Å². The van der Waals surface area contributed by atoms with E-state index in [9.17, 15) is 9.90 Å². The lowest BCUT2D eigenvalue weighted by Gasteiger charge is -2.33. The molecule has 0 bridgehead atoms. The molecule has 0 aliphatic carbocycles. The summed E-state index contributed by atoms with van der Waals surface area (Å²) >= 11 is 0. The summed E-state index contributed by atoms with van der Waals surface area (Å²) in [6.45, 7) is 6.73. The summed E-state index contributed by atoms with van der Waals surface area (Å²) in [6, 6.07) is 8.59. The van der Waals surface area contributed by atoms with Gasteiger partial charge in [-0.2, -0.15) is 0 Å². The van der Waals surface area contributed by atoms with E-state index < -0.39 is 0 Å². The van der Waals surface area contributed by atoms with E-state index in [1.54, 1.807) is 0 Å². The predicted octanol–water partition coefficient (Wildman–Crippen LogP) is 1.83. The lowest BCUT2D eigenvalue weighted by atomic mass is 10.1. The van der Waals surface area contributed by atoms with Gasteiger partial charge in [0.2, 0.25) is 5.91 Å². The molecule has 6 heteroatoms. The fourth-order valence-electron chi connectivity index (χ4n) is 4.08. The number of carbonyl (C=O) groups is 1. The van der Waals surface area contributed by atoms with Gasteiger partial charge in [-0.1, -0.05) is 11.6 Å².